The van der Waals surface area contributed by atoms with Crippen LogP contribution in [0.1, 0.15) is 51.0 Å². The highest BCUT2D eigenvalue weighted by atomic mass is 19.1. The van der Waals surface area contributed by atoms with Gasteiger partial charge in [0.25, 0.3) is 11.8 Å². The molecule has 0 saturated carbocycles. The third-order valence-electron chi connectivity index (χ3n) is 5.61. The highest BCUT2D eigenvalue weighted by Crippen LogP contribution is 2.34. The molecule has 1 saturated heterocycles. The van der Waals surface area contributed by atoms with E-state index in [1.807, 2.05) is 4.90 Å². The van der Waals surface area contributed by atoms with Crippen LogP contribution in [0.5, 0.6) is 0 Å². The number of benzene rings is 1. The van der Waals surface area contributed by atoms with E-state index in [0.717, 1.165) is 38.5 Å². The maximum Gasteiger partial charge on any atom is 0.277 e. The average molecular weight is 388 g/mol. The molecular formula is C22H29FN2O3. The summed E-state index contributed by atoms with van der Waals surface area (Å²) in [4.78, 5) is 29.6. The average Bonchev–Trinajstić information content (AvgIpc) is 2.96. The van der Waals surface area contributed by atoms with Crippen molar-refractivity contribution in [3.8, 4) is 0 Å². The molecule has 6 heteroatoms. The van der Waals surface area contributed by atoms with Gasteiger partial charge in [0.05, 0.1) is 5.57 Å². The lowest BCUT2D eigenvalue weighted by atomic mass is 9.97. The van der Waals surface area contributed by atoms with Crippen LogP contribution in [0.25, 0.3) is 5.57 Å². The summed E-state index contributed by atoms with van der Waals surface area (Å²) in [5.41, 5.74) is 1.33. The van der Waals surface area contributed by atoms with Gasteiger partial charge in [-0.1, -0.05) is 38.3 Å². The van der Waals surface area contributed by atoms with E-state index in [1.54, 1.807) is 12.1 Å². The molecule has 1 unspecified atom stereocenters. The van der Waals surface area contributed by atoms with E-state index in [2.05, 4.69) is 6.92 Å². The normalized spacial score (nSPS) is 20.5. The minimum absolute atomic E-state index is 0.0680. The lowest BCUT2D eigenvalue weighted by Gasteiger charge is -2.34. The molecule has 1 aromatic carbocycles. The molecule has 2 amide bonds. The van der Waals surface area contributed by atoms with Gasteiger partial charge in [-0.3, -0.25) is 14.5 Å². The maximum atomic E-state index is 13.4. The number of halogens is 1. The number of likely N-dealkylation sites (tertiary alicyclic amines) is 1. The Hall–Kier alpha value is -2.21. The number of imide groups is 1. The van der Waals surface area contributed by atoms with E-state index in [-0.39, 0.29) is 30.2 Å². The largest absolute Gasteiger partial charge is 0.396 e. The Kier molecular flexibility index (Phi) is 6.83. The van der Waals surface area contributed by atoms with Gasteiger partial charge in [-0.25, -0.2) is 4.39 Å². The summed E-state index contributed by atoms with van der Waals surface area (Å²) in [5.74, 6) is -0.844. The Balaban J connectivity index is 1.92. The third kappa shape index (κ3) is 4.27. The zero-order valence-corrected chi connectivity index (χ0v) is 16.5. The van der Waals surface area contributed by atoms with Crippen LogP contribution >= 0.6 is 0 Å². The first-order valence-corrected chi connectivity index (χ1v) is 10.3. The summed E-state index contributed by atoms with van der Waals surface area (Å²) in [7, 11) is 0. The van der Waals surface area contributed by atoms with Crippen molar-refractivity contribution < 1.29 is 19.1 Å². The Bertz CT molecular complexity index is 745. The van der Waals surface area contributed by atoms with Crippen molar-refractivity contribution in [2.45, 2.75) is 45.4 Å². The molecule has 3 rings (SSSR count). The number of unbranched alkanes of at least 4 members (excludes halogenated alkanes) is 3. The first kappa shape index (κ1) is 20.5. The number of aliphatic hydroxyl groups is 1. The molecule has 5 nitrogen and oxygen atoms in total. The SMILES string of the molecule is CCCCCCN1C(=O)C(c2ccc(F)cc2)=C(N2CCCC(CO)C2)C1=O. The fourth-order valence-electron chi connectivity index (χ4n) is 4.05. The van der Waals surface area contributed by atoms with Gasteiger partial charge in [-0.2, -0.15) is 0 Å². The number of aliphatic hydroxyl groups excluding tert-OH is 1. The van der Waals surface area contributed by atoms with Crippen LogP contribution in [0.15, 0.2) is 30.0 Å². The molecule has 0 spiro atoms. The van der Waals surface area contributed by atoms with E-state index in [4.69, 9.17) is 0 Å². The van der Waals surface area contributed by atoms with Crippen LogP contribution in [0.2, 0.25) is 0 Å². The highest BCUT2D eigenvalue weighted by molar-refractivity contribution is 6.35. The van der Waals surface area contributed by atoms with Crippen molar-refractivity contribution in [1.29, 1.82) is 0 Å². The maximum absolute atomic E-state index is 13.4. The fourth-order valence-corrected chi connectivity index (χ4v) is 4.05. The number of nitrogens with zero attached hydrogens (tertiary/aromatic N) is 2. The second kappa shape index (κ2) is 9.32. The molecule has 1 fully saturated rings. The summed E-state index contributed by atoms with van der Waals surface area (Å²) >= 11 is 0. The summed E-state index contributed by atoms with van der Waals surface area (Å²) in [6.07, 6.45) is 5.70. The molecule has 2 aliphatic rings. The smallest absolute Gasteiger partial charge is 0.277 e. The van der Waals surface area contributed by atoms with Gasteiger partial charge in [0.2, 0.25) is 0 Å². The second-order valence-corrected chi connectivity index (χ2v) is 7.69. The first-order valence-electron chi connectivity index (χ1n) is 10.3. The molecule has 0 radical (unpaired) electrons. The van der Waals surface area contributed by atoms with Crippen LogP contribution in [0.4, 0.5) is 4.39 Å². The van der Waals surface area contributed by atoms with Crippen molar-refractivity contribution in [2.75, 3.05) is 26.2 Å². The predicted octanol–water partition coefficient (Wildman–Crippen LogP) is 3.19. The van der Waals surface area contributed by atoms with E-state index in [0.29, 0.717) is 36.5 Å². The van der Waals surface area contributed by atoms with E-state index >= 15 is 0 Å². The lowest BCUT2D eigenvalue weighted by molar-refractivity contribution is -0.137. The molecule has 1 aromatic rings. The lowest BCUT2D eigenvalue weighted by Crippen LogP contribution is -2.40. The quantitative estimate of drug-likeness (QED) is 0.549. The molecule has 1 N–H and O–H groups in total. The zero-order valence-electron chi connectivity index (χ0n) is 16.5. The van der Waals surface area contributed by atoms with Gasteiger partial charge >= 0.3 is 0 Å². The standard InChI is InChI=1S/C22H29FN2O3/c1-2-3-4-5-13-25-21(27)19(17-8-10-18(23)11-9-17)20(22(25)28)24-12-6-7-16(14-24)15-26/h8-11,16,26H,2-7,12-15H2,1H3. The van der Waals surface area contributed by atoms with Gasteiger partial charge in [0.1, 0.15) is 11.5 Å². The molecule has 0 bridgehead atoms. The Morgan fingerprint density at radius 3 is 2.54 bits per heavy atom. The minimum atomic E-state index is -0.377. The number of piperidine rings is 1. The topological polar surface area (TPSA) is 60.9 Å². The zero-order chi connectivity index (χ0) is 20.1. The van der Waals surface area contributed by atoms with Crippen LogP contribution in [-0.2, 0) is 9.59 Å². The number of rotatable bonds is 8. The Morgan fingerprint density at radius 1 is 1.11 bits per heavy atom. The van der Waals surface area contributed by atoms with Crippen molar-refractivity contribution >= 4 is 17.4 Å². The Labute approximate surface area is 165 Å². The number of hydrogen-bond acceptors (Lipinski definition) is 4. The second-order valence-electron chi connectivity index (χ2n) is 7.69. The van der Waals surface area contributed by atoms with Crippen molar-refractivity contribution in [3.63, 3.8) is 0 Å². The van der Waals surface area contributed by atoms with Gasteiger partial charge < -0.3 is 10.0 Å². The number of carbonyl (C=O) groups is 2. The van der Waals surface area contributed by atoms with E-state index in [1.165, 1.54) is 17.0 Å². The van der Waals surface area contributed by atoms with Crippen LogP contribution in [0.3, 0.4) is 0 Å². The molecule has 152 valence electrons. The monoisotopic (exact) mass is 388 g/mol. The van der Waals surface area contributed by atoms with Gasteiger partial charge in [0.15, 0.2) is 0 Å². The number of hydrogen-bond donors (Lipinski definition) is 1. The third-order valence-corrected chi connectivity index (χ3v) is 5.61. The Morgan fingerprint density at radius 2 is 1.86 bits per heavy atom. The first-order chi connectivity index (χ1) is 13.6. The summed E-state index contributed by atoms with van der Waals surface area (Å²) in [6.45, 7) is 3.83. The summed E-state index contributed by atoms with van der Waals surface area (Å²) in [6, 6.07) is 5.75. The van der Waals surface area contributed by atoms with Crippen molar-refractivity contribution in [2.24, 2.45) is 5.92 Å². The molecule has 0 aliphatic carbocycles. The van der Waals surface area contributed by atoms with Crippen LogP contribution < -0.4 is 0 Å². The van der Waals surface area contributed by atoms with E-state index in [9.17, 15) is 19.1 Å². The van der Waals surface area contributed by atoms with E-state index < -0.39 is 0 Å². The minimum Gasteiger partial charge on any atom is -0.396 e. The summed E-state index contributed by atoms with van der Waals surface area (Å²) < 4.78 is 13.4. The summed E-state index contributed by atoms with van der Waals surface area (Å²) in [5, 5.41) is 9.55. The predicted molar refractivity (Wildman–Crippen MR) is 106 cm³/mol. The van der Waals surface area contributed by atoms with Gasteiger partial charge in [-0.15, -0.1) is 0 Å². The number of amides is 2. The molecule has 2 heterocycles. The van der Waals surface area contributed by atoms with Crippen LogP contribution in [0, 0.1) is 11.7 Å². The fraction of sp³-hybridized carbons (Fsp3) is 0.545. The van der Waals surface area contributed by atoms with Crippen molar-refractivity contribution in [3.05, 3.63) is 41.3 Å². The highest BCUT2D eigenvalue weighted by Gasteiger charge is 2.42. The molecule has 28 heavy (non-hydrogen) atoms. The number of carbonyl (C=O) groups excluding carboxylic acids is 2. The molecule has 1 atom stereocenters. The molecule has 0 aromatic heterocycles. The van der Waals surface area contributed by atoms with Crippen LogP contribution in [-0.4, -0.2) is 53.0 Å². The molecular weight excluding hydrogens is 359 g/mol. The molecule has 2 aliphatic heterocycles. The van der Waals surface area contributed by atoms with Crippen molar-refractivity contribution in [1.82, 2.24) is 9.80 Å². The van der Waals surface area contributed by atoms with Gasteiger partial charge in [-0.05, 0) is 42.9 Å². The van der Waals surface area contributed by atoms with Gasteiger partial charge in [0, 0.05) is 26.2 Å².